The van der Waals surface area contributed by atoms with Crippen LogP contribution < -0.4 is 0 Å². The van der Waals surface area contributed by atoms with E-state index in [2.05, 4.69) is 9.62 Å². The van der Waals surface area contributed by atoms with Gasteiger partial charge in [0.2, 0.25) is 0 Å². The summed E-state index contributed by atoms with van der Waals surface area (Å²) in [5, 5.41) is 8.03. The third kappa shape index (κ3) is 2.96. The quantitative estimate of drug-likeness (QED) is 0.344. The van der Waals surface area contributed by atoms with Crippen molar-refractivity contribution in [3.63, 3.8) is 0 Å². The highest BCUT2D eigenvalue weighted by molar-refractivity contribution is 4.36. The summed E-state index contributed by atoms with van der Waals surface area (Å²) in [6, 6.07) is 0. The van der Waals surface area contributed by atoms with Crippen molar-refractivity contribution in [2.24, 2.45) is 0 Å². The van der Waals surface area contributed by atoms with Crippen LogP contribution in [0.25, 0.3) is 0 Å². The number of ether oxygens (including phenoxy) is 1. The van der Waals surface area contributed by atoms with Crippen molar-refractivity contribution in [2.45, 2.75) is 26.1 Å². The van der Waals surface area contributed by atoms with Crippen LogP contribution in [0.2, 0.25) is 0 Å². The van der Waals surface area contributed by atoms with Crippen molar-refractivity contribution in [2.75, 3.05) is 7.11 Å². The minimum atomic E-state index is -0.444. The van der Waals surface area contributed by atoms with Gasteiger partial charge in [0.25, 0.3) is 0 Å². The van der Waals surface area contributed by atoms with Crippen LogP contribution in [-0.2, 0) is 9.62 Å². The Morgan fingerprint density at radius 2 is 2.25 bits per heavy atom. The molecular formula is C5H12O3. The molecule has 1 unspecified atom stereocenters. The second-order valence-corrected chi connectivity index (χ2v) is 1.56. The van der Waals surface area contributed by atoms with Crippen LogP contribution in [0, 0.1) is 0 Å². The van der Waals surface area contributed by atoms with E-state index in [9.17, 15) is 0 Å². The fourth-order valence-electron chi connectivity index (χ4n) is 0.449. The van der Waals surface area contributed by atoms with Crippen LogP contribution in [0.3, 0.4) is 0 Å². The molecule has 0 aromatic heterocycles. The van der Waals surface area contributed by atoms with E-state index in [4.69, 9.17) is 5.26 Å². The highest BCUT2D eigenvalue weighted by Gasteiger charge is 2.02. The maximum Gasteiger partial charge on any atom is 0.190 e. The molecule has 0 fully saturated rings. The molecular weight excluding hydrogens is 108 g/mol. The third-order valence-electron chi connectivity index (χ3n) is 0.905. The van der Waals surface area contributed by atoms with Gasteiger partial charge in [0.1, 0.15) is 0 Å². The highest BCUT2D eigenvalue weighted by Crippen LogP contribution is 1.99. The van der Waals surface area contributed by atoms with Gasteiger partial charge < -0.3 is 4.74 Å². The Morgan fingerprint density at radius 1 is 1.62 bits per heavy atom. The van der Waals surface area contributed by atoms with Crippen LogP contribution >= 0.6 is 0 Å². The molecule has 50 valence electrons. The van der Waals surface area contributed by atoms with Gasteiger partial charge in [-0.3, -0.25) is 0 Å². The van der Waals surface area contributed by atoms with Crippen LogP contribution in [0.5, 0.6) is 0 Å². The molecule has 0 rings (SSSR count). The number of rotatable bonds is 4. The summed E-state index contributed by atoms with van der Waals surface area (Å²) in [6.07, 6.45) is 1.23. The van der Waals surface area contributed by atoms with Crippen molar-refractivity contribution >= 4 is 0 Å². The lowest BCUT2D eigenvalue weighted by Crippen LogP contribution is -2.11. The first-order valence-corrected chi connectivity index (χ1v) is 2.68. The van der Waals surface area contributed by atoms with Crippen LogP contribution in [0.4, 0.5) is 0 Å². The van der Waals surface area contributed by atoms with Gasteiger partial charge in [-0.1, -0.05) is 13.3 Å². The van der Waals surface area contributed by atoms with Crippen molar-refractivity contribution in [1.29, 1.82) is 0 Å². The van der Waals surface area contributed by atoms with Gasteiger partial charge in [-0.15, -0.1) is 0 Å². The Morgan fingerprint density at radius 3 is 2.38 bits per heavy atom. The summed E-state index contributed by atoms with van der Waals surface area (Å²) in [5.74, 6) is 0. The molecule has 0 aliphatic carbocycles. The summed E-state index contributed by atoms with van der Waals surface area (Å²) in [4.78, 5) is 3.92. The fraction of sp³-hybridized carbons (Fsp3) is 1.00. The van der Waals surface area contributed by atoms with Crippen molar-refractivity contribution in [3.05, 3.63) is 0 Å². The normalized spacial score (nSPS) is 13.9. The van der Waals surface area contributed by atoms with E-state index in [1.54, 1.807) is 0 Å². The van der Waals surface area contributed by atoms with E-state index in [1.807, 2.05) is 6.92 Å². The molecule has 1 N–H and O–H groups in total. The van der Waals surface area contributed by atoms with Gasteiger partial charge in [0.05, 0.1) is 0 Å². The predicted octanol–water partition coefficient (Wildman–Crippen LogP) is 1.25. The standard InChI is InChI=1S/C5H12O3/c1-3-4-5(7-2)8-6/h5-6H,3-4H2,1-2H3. The Kier molecular flexibility index (Phi) is 4.95. The summed E-state index contributed by atoms with van der Waals surface area (Å²) >= 11 is 0. The molecule has 3 nitrogen and oxygen atoms in total. The molecule has 0 aromatic carbocycles. The van der Waals surface area contributed by atoms with Gasteiger partial charge in [-0.25, -0.2) is 10.1 Å². The maximum absolute atomic E-state index is 8.03. The molecule has 3 heteroatoms. The zero-order chi connectivity index (χ0) is 6.41. The lowest BCUT2D eigenvalue weighted by molar-refractivity contribution is -0.341. The van der Waals surface area contributed by atoms with E-state index >= 15 is 0 Å². The average molecular weight is 120 g/mol. The van der Waals surface area contributed by atoms with E-state index < -0.39 is 6.29 Å². The van der Waals surface area contributed by atoms with E-state index in [0.717, 1.165) is 12.8 Å². The zero-order valence-electron chi connectivity index (χ0n) is 5.26. The van der Waals surface area contributed by atoms with E-state index in [-0.39, 0.29) is 0 Å². The number of methoxy groups -OCH3 is 1. The summed E-state index contributed by atoms with van der Waals surface area (Å²) in [6.45, 7) is 1.99. The molecule has 0 bridgehead atoms. The lowest BCUT2D eigenvalue weighted by atomic mass is 10.3. The predicted molar refractivity (Wildman–Crippen MR) is 29.4 cm³/mol. The van der Waals surface area contributed by atoms with Crippen molar-refractivity contribution < 1.29 is 14.9 Å². The van der Waals surface area contributed by atoms with Gasteiger partial charge in [-0.05, 0) is 0 Å². The topological polar surface area (TPSA) is 38.7 Å². The average Bonchev–Trinajstić information content (AvgIpc) is 1.83. The third-order valence-corrected chi connectivity index (χ3v) is 0.905. The molecule has 0 saturated heterocycles. The second-order valence-electron chi connectivity index (χ2n) is 1.56. The molecule has 0 aromatic rings. The van der Waals surface area contributed by atoms with E-state index in [1.165, 1.54) is 7.11 Å². The lowest BCUT2D eigenvalue weighted by Gasteiger charge is -2.07. The van der Waals surface area contributed by atoms with Crippen molar-refractivity contribution in [3.8, 4) is 0 Å². The zero-order valence-corrected chi connectivity index (χ0v) is 5.26. The monoisotopic (exact) mass is 120 g/mol. The Bertz CT molecular complexity index is 42.9. The number of hydrogen-bond donors (Lipinski definition) is 1. The highest BCUT2D eigenvalue weighted by atomic mass is 17.1. The molecule has 0 saturated carbocycles. The number of hydrogen-bond acceptors (Lipinski definition) is 3. The van der Waals surface area contributed by atoms with Crippen LogP contribution in [0.15, 0.2) is 0 Å². The van der Waals surface area contributed by atoms with Gasteiger partial charge >= 0.3 is 0 Å². The van der Waals surface area contributed by atoms with E-state index in [0.29, 0.717) is 0 Å². The molecule has 0 amide bonds. The SMILES string of the molecule is CCCC(OC)OO. The molecule has 0 heterocycles. The van der Waals surface area contributed by atoms with Gasteiger partial charge in [0, 0.05) is 13.5 Å². The second kappa shape index (κ2) is 5.03. The fourth-order valence-corrected chi connectivity index (χ4v) is 0.449. The molecule has 0 aliphatic rings. The first-order valence-electron chi connectivity index (χ1n) is 2.68. The molecule has 1 atom stereocenters. The first-order chi connectivity index (χ1) is 3.85. The maximum atomic E-state index is 8.03. The smallest absolute Gasteiger partial charge is 0.190 e. The van der Waals surface area contributed by atoms with Gasteiger partial charge in [0.15, 0.2) is 6.29 Å². The molecule has 8 heavy (non-hydrogen) atoms. The molecule has 0 spiro atoms. The molecule has 0 radical (unpaired) electrons. The van der Waals surface area contributed by atoms with Crippen LogP contribution in [-0.4, -0.2) is 18.7 Å². The summed E-state index contributed by atoms with van der Waals surface area (Å²) in [7, 11) is 1.50. The molecule has 0 aliphatic heterocycles. The Balaban J connectivity index is 3.07. The van der Waals surface area contributed by atoms with Crippen molar-refractivity contribution in [1.82, 2.24) is 0 Å². The summed E-state index contributed by atoms with van der Waals surface area (Å²) in [5.41, 5.74) is 0. The Labute approximate surface area is 49.1 Å². The van der Waals surface area contributed by atoms with Crippen LogP contribution in [0.1, 0.15) is 19.8 Å². The minimum Gasteiger partial charge on any atom is -0.353 e. The minimum absolute atomic E-state index is 0.444. The summed E-state index contributed by atoms with van der Waals surface area (Å²) < 4.78 is 4.67. The first kappa shape index (κ1) is 7.88. The van der Waals surface area contributed by atoms with Gasteiger partial charge in [-0.2, -0.15) is 0 Å². The Hall–Kier alpha value is -0.120. The largest absolute Gasteiger partial charge is 0.353 e.